The van der Waals surface area contributed by atoms with Crippen LogP contribution >= 0.6 is 15.9 Å². The van der Waals surface area contributed by atoms with Crippen LogP contribution in [0.15, 0.2) is 181 Å². The Morgan fingerprint density at radius 2 is 0.709 bits per heavy atom. The maximum Gasteiger partial charge on any atom is 0.451 e. The zero-order valence-corrected chi connectivity index (χ0v) is 88.9. The lowest BCUT2D eigenvalue weighted by Crippen LogP contribution is -2.44. The Balaban J connectivity index is 0.000000207. The zero-order chi connectivity index (χ0) is 110. The van der Waals surface area contributed by atoms with Gasteiger partial charge in [-0.15, -0.1) is 13.2 Å². The first-order chi connectivity index (χ1) is 69.6. The SMILES string of the molecule is C=CC[C@H]1Cc2cc(F)c(Br)cc2[C@@]1(CC(=O)OC(C)(C)C)C(=O)OCc1ccccc1.CCCC[C@H]1Cc2cc(F)c(CN)cc2[C@@]1(CC(=O)OC(C)(C)C)C(=O)O.C[C@@]1(C(=O)O)c2cc(CN)c(F)cc2C[C@@H]1CCCB(O)O.[C-]#[N+]c1cc2c(cc1F)C[C@H](CC=C)[C@]2(CC(=O)OC(C)(C)C)C(=O)OCc1ccccc1.[C-]#[N+]c1cc2c(cc1F)C[C@H](CCCC)[C@]2(CC(=O)OC(C)(C)C)C(=O)OCc1ccccc1. The van der Waals surface area contributed by atoms with Gasteiger partial charge in [-0.2, -0.15) is 0 Å². The number of ether oxygens (including phenoxy) is 7. The molecule has 10 atom stereocenters. The lowest BCUT2D eigenvalue weighted by molar-refractivity contribution is -0.166. The molecule has 0 heterocycles. The van der Waals surface area contributed by atoms with Crippen LogP contribution < -0.4 is 11.5 Å². The van der Waals surface area contributed by atoms with Crippen LogP contribution in [0.2, 0.25) is 6.32 Å². The number of hydrogen-bond donors (Lipinski definition) is 6. The lowest BCUT2D eigenvalue weighted by atomic mass is 9.70. The average Bonchev–Trinajstić information content (AvgIpc) is 1.60. The van der Waals surface area contributed by atoms with Gasteiger partial charge in [-0.25, -0.2) is 31.6 Å². The number of aliphatic carboxylic acids is 2. The van der Waals surface area contributed by atoms with Crippen molar-refractivity contribution < 1.29 is 119 Å². The van der Waals surface area contributed by atoms with E-state index in [1.54, 1.807) is 114 Å². The van der Waals surface area contributed by atoms with Gasteiger partial charge in [-0.05, 0) is 327 Å². The van der Waals surface area contributed by atoms with Crippen molar-refractivity contribution >= 4 is 88.1 Å². The summed E-state index contributed by atoms with van der Waals surface area (Å²) in [6.45, 7) is 49.4. The zero-order valence-electron chi connectivity index (χ0n) is 87.3. The number of carboxylic acid groups (broad SMARTS) is 2. The predicted octanol–water partition coefficient (Wildman–Crippen LogP) is 23.1. The fourth-order valence-corrected chi connectivity index (χ4v) is 21.4. The topological polar surface area (TPSA) is 360 Å². The van der Waals surface area contributed by atoms with E-state index in [1.807, 2.05) is 97.9 Å². The van der Waals surface area contributed by atoms with Gasteiger partial charge in [0.25, 0.3) is 0 Å². The molecule has 0 saturated carbocycles. The number of allylic oxidation sites excluding steroid dienone is 2. The molecule has 13 rings (SSSR count). The highest BCUT2D eigenvalue weighted by Gasteiger charge is 2.60. The summed E-state index contributed by atoms with van der Waals surface area (Å²) in [5.74, 6) is -9.76. The van der Waals surface area contributed by atoms with Crippen LogP contribution in [0.4, 0.5) is 33.3 Å². The molecule has 0 unspecified atom stereocenters. The van der Waals surface area contributed by atoms with Crippen LogP contribution in [-0.4, -0.2) is 104 Å². The Labute approximate surface area is 874 Å². The van der Waals surface area contributed by atoms with E-state index in [0.717, 1.165) is 42.4 Å². The van der Waals surface area contributed by atoms with E-state index in [4.69, 9.17) is 67.8 Å². The Hall–Kier alpha value is -12.5. The van der Waals surface area contributed by atoms with Crippen LogP contribution in [-0.2, 0) is 168 Å². The van der Waals surface area contributed by atoms with Crippen LogP contribution in [0.1, 0.15) is 277 Å². The van der Waals surface area contributed by atoms with Crippen molar-refractivity contribution in [3.05, 3.63) is 317 Å². The summed E-state index contributed by atoms with van der Waals surface area (Å²) in [5.41, 5.74) is 10.4. The minimum atomic E-state index is -1.41. The maximum absolute atomic E-state index is 14.5. The molecule has 0 fully saturated rings. The molecule has 0 spiro atoms. The molecule has 31 heteroatoms. The molecule has 5 aliphatic carbocycles. The molecule has 0 radical (unpaired) electrons. The number of benzene rings is 8. The maximum atomic E-state index is 14.5. The first-order valence-corrected chi connectivity index (χ1v) is 50.9. The first kappa shape index (κ1) is 119. The second kappa shape index (κ2) is 51.1. The Bertz CT molecular complexity index is 6210. The summed E-state index contributed by atoms with van der Waals surface area (Å²) in [5, 5.41) is 37.8. The van der Waals surface area contributed by atoms with E-state index >= 15 is 0 Å². The normalized spacial score (nSPS) is 20.5. The number of unbranched alkanes of at least 4 members (excludes halogenated alkanes) is 2. The molecule has 0 saturated heterocycles. The van der Waals surface area contributed by atoms with Crippen LogP contribution in [0.3, 0.4) is 0 Å². The van der Waals surface area contributed by atoms with Crippen molar-refractivity contribution in [2.24, 2.45) is 41.1 Å². The van der Waals surface area contributed by atoms with Crippen molar-refractivity contribution in [1.29, 1.82) is 0 Å². The molecule has 8 N–H and O–H groups in total. The third-order valence-electron chi connectivity index (χ3n) is 27.8. The number of esters is 7. The third kappa shape index (κ3) is 28.9. The number of nitrogens with zero attached hydrogens (tertiary/aromatic N) is 2. The minimum absolute atomic E-state index is 0.0240. The van der Waals surface area contributed by atoms with Crippen LogP contribution in [0, 0.1) is 71.8 Å². The summed E-state index contributed by atoms with van der Waals surface area (Å²) in [6.07, 6.45) is 11.6. The van der Waals surface area contributed by atoms with Gasteiger partial charge in [-0.3, -0.25) is 43.2 Å². The van der Waals surface area contributed by atoms with E-state index < -0.39 is 139 Å². The van der Waals surface area contributed by atoms with Gasteiger partial charge in [0.15, 0.2) is 0 Å². The van der Waals surface area contributed by atoms with Crippen molar-refractivity contribution in [3.8, 4) is 0 Å². The van der Waals surface area contributed by atoms with Crippen LogP contribution in [0.5, 0.6) is 0 Å². The van der Waals surface area contributed by atoms with Crippen molar-refractivity contribution in [1.82, 2.24) is 0 Å². The number of halogens is 6. The largest absolute Gasteiger partial charge is 0.481 e. The molecule has 0 aliphatic heterocycles. The van der Waals surface area contributed by atoms with E-state index in [2.05, 4.69) is 45.7 Å². The Kier molecular flexibility index (Phi) is 41.1. The smallest absolute Gasteiger partial charge is 0.451 e. The number of carbonyl (C=O) groups excluding carboxylic acids is 7. The quantitative estimate of drug-likeness (QED) is 0.00536. The standard InChI is InChI=1S/C28H32FNO4.C27H28FNO4.C26H28BrFO4.C21H30FNO4.C15H21BFNO4/c1-6-7-13-21-14-20-15-23(29)24(30-5)16-22(20)28(21,17-25(31)34-27(2,3)4)26(32)33-18-19-11-9-8-10-12-19;1-6-10-20-13-19-14-22(28)23(29-5)15-21(19)27(20,16-24(30)33-26(2,3)4)25(31)32-17-18-11-8-7-9-12-18;1-5-9-19-12-18-13-22(28)21(27)14-20(18)26(19,15-23(29)32-25(2,3)4)24(30)31-16-17-10-7-6-8-11-17;1-5-6-7-15-8-13-10-17(22)14(12-23)9-16(13)21(15,19(25)26)11-18(24)27-20(2,3)4;1-15(14(19)20)11(3-2-4-16(21)22)5-9-7-13(17)10(8-18)6-12(9)15/h8-12,15-16,21H,6-7,13-14,17-18H2,1-4H3;6-9,11-12,14-15,20H,1,10,13,16-17H2,2-4H3;5-8,10-11,13-14,19H,1,9,12,15-16H2,2-4H3;9-10,15H,5-8,11-12,23H2,1-4H3,(H,25,26);6-7,11,21-22H,2-5,8,18H2,1H3,(H,19,20)/t21-,28-;20-,27-;19-,26-;15-,21-;11-,15-/m00000/s1. The number of carbonyl (C=O) groups is 9. The molecule has 0 aromatic heterocycles. The van der Waals surface area contributed by atoms with Crippen molar-refractivity contribution in [2.45, 2.75) is 315 Å². The lowest BCUT2D eigenvalue weighted by Gasteiger charge is -2.35. The number of hydrogen-bond acceptors (Lipinski definition) is 20. The fourth-order valence-electron chi connectivity index (χ4n) is 21.1. The predicted molar refractivity (Wildman–Crippen MR) is 557 cm³/mol. The Morgan fingerprint density at radius 3 is 1.03 bits per heavy atom. The molecular formula is C117H139BBrF5N4O20. The molecule has 5 aliphatic rings. The van der Waals surface area contributed by atoms with E-state index in [-0.39, 0.29) is 116 Å². The van der Waals surface area contributed by atoms with Crippen LogP contribution in [0.25, 0.3) is 9.69 Å². The monoisotopic (exact) mass is 2100 g/mol. The summed E-state index contributed by atoms with van der Waals surface area (Å²) in [7, 11) is -1.39. The van der Waals surface area contributed by atoms with E-state index in [0.29, 0.717) is 132 Å². The van der Waals surface area contributed by atoms with E-state index in [9.17, 15) is 75.3 Å². The molecule has 792 valence electrons. The Morgan fingerprint density at radius 1 is 0.419 bits per heavy atom. The number of rotatable bonds is 35. The summed E-state index contributed by atoms with van der Waals surface area (Å²) in [4.78, 5) is 124. The number of nitrogens with two attached hydrogens (primary N) is 2. The molecule has 148 heavy (non-hydrogen) atoms. The highest BCUT2D eigenvalue weighted by atomic mass is 79.9. The van der Waals surface area contributed by atoms with Gasteiger partial charge >= 0.3 is 60.8 Å². The average molecular weight is 2110 g/mol. The van der Waals surface area contributed by atoms with Gasteiger partial charge in [0.2, 0.25) is 11.4 Å². The molecule has 0 bridgehead atoms. The van der Waals surface area contributed by atoms with Gasteiger partial charge in [0, 0.05) is 24.2 Å². The molecule has 24 nitrogen and oxygen atoms in total. The fraction of sp³-hybridized carbons (Fsp3) is 0.462. The van der Waals surface area contributed by atoms with E-state index in [1.165, 1.54) is 48.5 Å². The molecule has 8 aromatic carbocycles. The van der Waals surface area contributed by atoms with Gasteiger partial charge in [-0.1, -0.05) is 161 Å². The summed E-state index contributed by atoms with van der Waals surface area (Å²) in [6, 6.07) is 42.2. The van der Waals surface area contributed by atoms with Crippen molar-refractivity contribution in [2.75, 3.05) is 0 Å². The molecular weight excluding hydrogens is 1970 g/mol. The number of fused-ring (bicyclic) bond motifs is 5. The van der Waals surface area contributed by atoms with Gasteiger partial charge in [0.1, 0.15) is 93.0 Å². The molecule has 0 amide bonds. The minimum Gasteiger partial charge on any atom is -0.481 e. The highest BCUT2D eigenvalue weighted by molar-refractivity contribution is 9.10. The summed E-state index contributed by atoms with van der Waals surface area (Å²) >= 11 is 3.24. The van der Waals surface area contributed by atoms with Gasteiger partial charge < -0.3 is 64.9 Å². The first-order valence-electron chi connectivity index (χ1n) is 50.1. The molecule has 8 aromatic rings. The van der Waals surface area contributed by atoms with Crippen molar-refractivity contribution in [3.63, 3.8) is 0 Å². The van der Waals surface area contributed by atoms with Gasteiger partial charge in [0.05, 0.1) is 48.7 Å². The highest BCUT2D eigenvalue weighted by Crippen LogP contribution is 2.56. The third-order valence-corrected chi connectivity index (χ3v) is 28.4. The number of carboxylic acids is 2. The second-order valence-corrected chi connectivity index (χ2v) is 43.7. The second-order valence-electron chi connectivity index (χ2n) is 42.9. The summed E-state index contributed by atoms with van der Waals surface area (Å²) < 4.78 is 111.